The van der Waals surface area contributed by atoms with Crippen LogP contribution in [0.25, 0.3) is 0 Å². The normalized spacial score (nSPS) is 22.8. The van der Waals surface area contributed by atoms with Crippen LogP contribution in [0.4, 0.5) is 5.95 Å². The molecule has 1 aliphatic rings. The molecule has 6 nitrogen and oxygen atoms in total. The fourth-order valence-corrected chi connectivity index (χ4v) is 2.78. The molecule has 0 radical (unpaired) electrons. The van der Waals surface area contributed by atoms with Crippen LogP contribution in [0.1, 0.15) is 31.7 Å². The van der Waals surface area contributed by atoms with Gasteiger partial charge in [-0.1, -0.05) is 13.8 Å². The molecule has 0 spiro atoms. The Balaban J connectivity index is 2.24. The zero-order chi connectivity index (χ0) is 14.7. The number of hydrogen-bond acceptors (Lipinski definition) is 6. The Morgan fingerprint density at radius 3 is 2.50 bits per heavy atom. The Labute approximate surface area is 120 Å². The van der Waals surface area contributed by atoms with E-state index in [2.05, 4.69) is 38.8 Å². The highest BCUT2D eigenvalue weighted by Crippen LogP contribution is 2.23. The van der Waals surface area contributed by atoms with Crippen LogP contribution in [0.2, 0.25) is 0 Å². The standard InChI is InChI=1S/C14H25N5O/c1-5-12-13(6-2)16-17-14(15-12)19-9-11(20)7-10(19)8-18(3)4/h10-11,20H,5-9H2,1-4H3. The van der Waals surface area contributed by atoms with E-state index in [4.69, 9.17) is 0 Å². The Morgan fingerprint density at radius 1 is 1.20 bits per heavy atom. The molecule has 2 atom stereocenters. The van der Waals surface area contributed by atoms with Crippen LogP contribution in [0, 0.1) is 0 Å². The Morgan fingerprint density at radius 2 is 1.90 bits per heavy atom. The molecule has 112 valence electrons. The molecule has 1 fully saturated rings. The third-order valence-electron chi connectivity index (χ3n) is 3.72. The van der Waals surface area contributed by atoms with Gasteiger partial charge in [0, 0.05) is 19.1 Å². The fraction of sp³-hybridized carbons (Fsp3) is 0.786. The van der Waals surface area contributed by atoms with Gasteiger partial charge in [0.15, 0.2) is 0 Å². The summed E-state index contributed by atoms with van der Waals surface area (Å²) in [7, 11) is 4.08. The molecule has 2 rings (SSSR count). The van der Waals surface area contributed by atoms with Gasteiger partial charge in [0.1, 0.15) is 0 Å². The topological polar surface area (TPSA) is 65.4 Å². The van der Waals surface area contributed by atoms with Crippen LogP contribution in [0.3, 0.4) is 0 Å². The summed E-state index contributed by atoms with van der Waals surface area (Å²) in [6.45, 7) is 5.63. The van der Waals surface area contributed by atoms with Gasteiger partial charge in [0.2, 0.25) is 5.95 Å². The number of β-amino-alcohol motifs (C(OH)–C–C–N with tert-alkyl or cyclic N) is 1. The van der Waals surface area contributed by atoms with Crippen LogP contribution >= 0.6 is 0 Å². The largest absolute Gasteiger partial charge is 0.391 e. The molecule has 1 aromatic rings. The molecule has 0 bridgehead atoms. The summed E-state index contributed by atoms with van der Waals surface area (Å²) in [6.07, 6.45) is 2.17. The summed E-state index contributed by atoms with van der Waals surface area (Å²) in [4.78, 5) is 8.88. The van der Waals surface area contributed by atoms with E-state index < -0.39 is 0 Å². The van der Waals surface area contributed by atoms with Crippen molar-refractivity contribution in [1.29, 1.82) is 0 Å². The van der Waals surface area contributed by atoms with Crippen molar-refractivity contribution in [2.75, 3.05) is 32.1 Å². The molecule has 1 aliphatic heterocycles. The van der Waals surface area contributed by atoms with Crippen molar-refractivity contribution < 1.29 is 5.11 Å². The van der Waals surface area contributed by atoms with E-state index in [1.165, 1.54) is 0 Å². The number of likely N-dealkylation sites (N-methyl/N-ethyl adjacent to an activating group) is 1. The van der Waals surface area contributed by atoms with Crippen molar-refractivity contribution in [1.82, 2.24) is 20.1 Å². The van der Waals surface area contributed by atoms with Gasteiger partial charge in [0.25, 0.3) is 0 Å². The second-order valence-electron chi connectivity index (χ2n) is 5.67. The lowest BCUT2D eigenvalue weighted by molar-refractivity contribution is 0.191. The van der Waals surface area contributed by atoms with Gasteiger partial charge in [-0.2, -0.15) is 5.10 Å². The molecular formula is C14H25N5O. The van der Waals surface area contributed by atoms with E-state index in [1.54, 1.807) is 0 Å². The molecule has 1 aromatic heterocycles. The molecule has 6 heteroatoms. The average Bonchev–Trinajstić information content (AvgIpc) is 2.77. The number of aromatic nitrogens is 3. The Hall–Kier alpha value is -1.27. The first kappa shape index (κ1) is 15.1. The van der Waals surface area contributed by atoms with Gasteiger partial charge in [0.05, 0.1) is 17.5 Å². The summed E-state index contributed by atoms with van der Waals surface area (Å²) >= 11 is 0. The van der Waals surface area contributed by atoms with Gasteiger partial charge in [-0.3, -0.25) is 0 Å². The van der Waals surface area contributed by atoms with Crippen molar-refractivity contribution in [2.45, 2.75) is 45.3 Å². The van der Waals surface area contributed by atoms with E-state index >= 15 is 0 Å². The third-order valence-corrected chi connectivity index (χ3v) is 3.72. The van der Waals surface area contributed by atoms with Crippen molar-refractivity contribution in [2.24, 2.45) is 0 Å². The molecule has 0 amide bonds. The Kier molecular flexibility index (Phi) is 4.88. The smallest absolute Gasteiger partial charge is 0.245 e. The fourth-order valence-electron chi connectivity index (χ4n) is 2.78. The van der Waals surface area contributed by atoms with Crippen molar-refractivity contribution in [3.8, 4) is 0 Å². The lowest BCUT2D eigenvalue weighted by Gasteiger charge is -2.26. The van der Waals surface area contributed by atoms with Gasteiger partial charge in [-0.15, -0.1) is 5.10 Å². The monoisotopic (exact) mass is 279 g/mol. The van der Waals surface area contributed by atoms with Crippen LogP contribution < -0.4 is 4.90 Å². The Bertz CT molecular complexity index is 451. The summed E-state index contributed by atoms with van der Waals surface area (Å²) in [5, 5.41) is 18.5. The number of hydrogen-bond donors (Lipinski definition) is 1. The number of nitrogens with zero attached hydrogens (tertiary/aromatic N) is 5. The summed E-state index contributed by atoms with van der Waals surface area (Å²) in [6, 6.07) is 0.249. The van der Waals surface area contributed by atoms with Crippen molar-refractivity contribution >= 4 is 5.95 Å². The highest BCUT2D eigenvalue weighted by atomic mass is 16.3. The second-order valence-corrected chi connectivity index (χ2v) is 5.67. The highest BCUT2D eigenvalue weighted by molar-refractivity contribution is 5.35. The SMILES string of the molecule is CCc1nnc(N2CC(O)CC2CN(C)C)nc1CC. The number of aryl methyl sites for hydroxylation is 2. The van der Waals surface area contributed by atoms with E-state index in [1.807, 2.05) is 14.1 Å². The molecule has 0 aromatic carbocycles. The minimum atomic E-state index is -0.306. The van der Waals surface area contributed by atoms with E-state index in [0.717, 1.165) is 37.2 Å². The lowest BCUT2D eigenvalue weighted by Crippen LogP contribution is -2.39. The van der Waals surface area contributed by atoms with Crippen molar-refractivity contribution in [3.05, 3.63) is 11.4 Å². The number of aliphatic hydroxyl groups is 1. The zero-order valence-electron chi connectivity index (χ0n) is 12.9. The molecule has 0 saturated carbocycles. The molecule has 1 N–H and O–H groups in total. The number of rotatable bonds is 5. The number of anilines is 1. The summed E-state index contributed by atoms with van der Waals surface area (Å²) in [5.74, 6) is 0.655. The van der Waals surface area contributed by atoms with Crippen LogP contribution in [-0.4, -0.2) is 64.5 Å². The summed E-state index contributed by atoms with van der Waals surface area (Å²) in [5.41, 5.74) is 1.99. The molecule has 0 aliphatic carbocycles. The van der Waals surface area contributed by atoms with Crippen LogP contribution in [0.15, 0.2) is 0 Å². The quantitative estimate of drug-likeness (QED) is 0.846. The maximum Gasteiger partial charge on any atom is 0.245 e. The second kappa shape index (κ2) is 6.45. The predicted molar refractivity (Wildman–Crippen MR) is 78.9 cm³/mol. The molecular weight excluding hydrogens is 254 g/mol. The maximum atomic E-state index is 9.94. The van der Waals surface area contributed by atoms with Crippen LogP contribution in [0.5, 0.6) is 0 Å². The average molecular weight is 279 g/mol. The summed E-state index contributed by atoms with van der Waals surface area (Å²) < 4.78 is 0. The third kappa shape index (κ3) is 3.24. The van der Waals surface area contributed by atoms with E-state index in [9.17, 15) is 5.11 Å². The number of aliphatic hydroxyl groups excluding tert-OH is 1. The van der Waals surface area contributed by atoms with Gasteiger partial charge < -0.3 is 14.9 Å². The molecule has 2 unspecified atom stereocenters. The minimum Gasteiger partial charge on any atom is -0.391 e. The lowest BCUT2D eigenvalue weighted by atomic mass is 10.2. The van der Waals surface area contributed by atoms with E-state index in [0.29, 0.717) is 12.5 Å². The van der Waals surface area contributed by atoms with Gasteiger partial charge in [-0.25, -0.2) is 4.98 Å². The first-order chi connectivity index (χ1) is 9.55. The van der Waals surface area contributed by atoms with Gasteiger partial charge >= 0.3 is 0 Å². The maximum absolute atomic E-state index is 9.94. The zero-order valence-corrected chi connectivity index (χ0v) is 12.9. The first-order valence-electron chi connectivity index (χ1n) is 7.37. The minimum absolute atomic E-state index is 0.249. The van der Waals surface area contributed by atoms with Gasteiger partial charge in [-0.05, 0) is 33.4 Å². The molecule has 1 saturated heterocycles. The molecule has 20 heavy (non-hydrogen) atoms. The van der Waals surface area contributed by atoms with Crippen LogP contribution in [-0.2, 0) is 12.8 Å². The first-order valence-corrected chi connectivity index (χ1v) is 7.37. The van der Waals surface area contributed by atoms with E-state index in [-0.39, 0.29) is 12.1 Å². The van der Waals surface area contributed by atoms with Crippen molar-refractivity contribution in [3.63, 3.8) is 0 Å². The predicted octanol–water partition coefficient (Wildman–Crippen LogP) is 0.498. The molecule has 2 heterocycles. The highest BCUT2D eigenvalue weighted by Gasteiger charge is 2.33.